The summed E-state index contributed by atoms with van der Waals surface area (Å²) < 4.78 is 1.17. The summed E-state index contributed by atoms with van der Waals surface area (Å²) in [4.78, 5) is 0. The van der Waals surface area contributed by atoms with Gasteiger partial charge in [0.25, 0.3) is 0 Å². The number of rotatable bonds is 1. The van der Waals surface area contributed by atoms with Crippen LogP contribution in [0.25, 0.3) is 0 Å². The van der Waals surface area contributed by atoms with Crippen LogP contribution in [-0.2, 0) is 12.8 Å². The number of hydrogen-bond acceptors (Lipinski definition) is 1. The predicted molar refractivity (Wildman–Crippen MR) is 63.3 cm³/mol. The minimum Gasteiger partial charge on any atom is -0.325 e. The van der Waals surface area contributed by atoms with Crippen LogP contribution < -0.4 is 5.73 Å². The molecule has 0 aromatic heterocycles. The van der Waals surface area contributed by atoms with E-state index < -0.39 is 0 Å². The normalized spacial score (nSPS) is 21.0. The van der Waals surface area contributed by atoms with Gasteiger partial charge in [-0.25, -0.2) is 0 Å². The monoisotopic (exact) mass is 253 g/mol. The third-order valence-electron chi connectivity index (χ3n) is 3.15. The maximum atomic E-state index is 6.15. The van der Waals surface area contributed by atoms with Gasteiger partial charge in [-0.15, -0.1) is 0 Å². The Balaban J connectivity index is 2.26. The van der Waals surface area contributed by atoms with E-state index in [1.807, 2.05) is 0 Å². The number of halogens is 1. The van der Waals surface area contributed by atoms with Gasteiger partial charge in [-0.3, -0.25) is 0 Å². The molecule has 1 unspecified atom stereocenters. The van der Waals surface area contributed by atoms with Crippen molar-refractivity contribution in [1.29, 1.82) is 0 Å². The number of benzene rings is 1. The van der Waals surface area contributed by atoms with Gasteiger partial charge < -0.3 is 5.73 Å². The summed E-state index contributed by atoms with van der Waals surface area (Å²) in [6.45, 7) is 4.25. The third-order valence-corrected chi connectivity index (χ3v) is 3.65. The molecule has 0 saturated heterocycles. The van der Waals surface area contributed by atoms with E-state index in [9.17, 15) is 0 Å². The van der Waals surface area contributed by atoms with E-state index >= 15 is 0 Å². The molecule has 0 bridgehead atoms. The molecule has 1 aliphatic rings. The molecular weight excluding hydrogens is 238 g/mol. The van der Waals surface area contributed by atoms with Crippen LogP contribution in [0.15, 0.2) is 22.7 Å². The van der Waals surface area contributed by atoms with Crippen molar-refractivity contribution in [3.8, 4) is 0 Å². The van der Waals surface area contributed by atoms with E-state index in [-0.39, 0.29) is 5.54 Å². The van der Waals surface area contributed by atoms with Crippen LogP contribution >= 0.6 is 15.9 Å². The lowest BCUT2D eigenvalue weighted by Gasteiger charge is -2.26. The molecule has 2 N–H and O–H groups in total. The van der Waals surface area contributed by atoms with E-state index in [2.05, 4.69) is 48.0 Å². The second-order valence-corrected chi connectivity index (χ2v) is 5.76. The van der Waals surface area contributed by atoms with Crippen LogP contribution in [0, 0.1) is 5.92 Å². The van der Waals surface area contributed by atoms with Gasteiger partial charge >= 0.3 is 0 Å². The first-order valence-electron chi connectivity index (χ1n) is 5.03. The Morgan fingerprint density at radius 2 is 1.93 bits per heavy atom. The van der Waals surface area contributed by atoms with Gasteiger partial charge in [-0.2, -0.15) is 0 Å². The van der Waals surface area contributed by atoms with Crippen molar-refractivity contribution < 1.29 is 0 Å². The Morgan fingerprint density at radius 1 is 1.29 bits per heavy atom. The predicted octanol–water partition coefficient (Wildman–Crippen LogP) is 2.90. The third kappa shape index (κ3) is 1.86. The molecule has 1 aliphatic carbocycles. The SMILES string of the molecule is CC(C)(N)C1Cc2ccc(Br)cc2C1. The van der Waals surface area contributed by atoms with Crippen LogP contribution in [0.4, 0.5) is 0 Å². The summed E-state index contributed by atoms with van der Waals surface area (Å²) in [5.74, 6) is 0.590. The minimum atomic E-state index is -0.0640. The van der Waals surface area contributed by atoms with Gasteiger partial charge in [-0.05, 0) is 55.9 Å². The Hall–Kier alpha value is -0.340. The first-order valence-corrected chi connectivity index (χ1v) is 5.82. The standard InChI is InChI=1S/C12H16BrN/c1-12(2,14)10-5-8-3-4-11(13)7-9(8)6-10/h3-4,7,10H,5-6,14H2,1-2H3. The van der Waals surface area contributed by atoms with Gasteiger partial charge in [0.1, 0.15) is 0 Å². The molecule has 0 heterocycles. The van der Waals surface area contributed by atoms with Crippen molar-refractivity contribution >= 4 is 15.9 Å². The van der Waals surface area contributed by atoms with Crippen LogP contribution in [0.3, 0.4) is 0 Å². The Labute approximate surface area is 93.8 Å². The van der Waals surface area contributed by atoms with E-state index in [0.29, 0.717) is 5.92 Å². The fraction of sp³-hybridized carbons (Fsp3) is 0.500. The van der Waals surface area contributed by atoms with Crippen LogP contribution in [0.5, 0.6) is 0 Å². The van der Waals surface area contributed by atoms with E-state index in [1.54, 1.807) is 0 Å². The van der Waals surface area contributed by atoms with Crippen molar-refractivity contribution in [3.63, 3.8) is 0 Å². The highest BCUT2D eigenvalue weighted by molar-refractivity contribution is 9.10. The largest absolute Gasteiger partial charge is 0.325 e. The molecule has 1 atom stereocenters. The highest BCUT2D eigenvalue weighted by Gasteiger charge is 2.31. The molecule has 2 rings (SSSR count). The molecule has 0 aliphatic heterocycles. The van der Waals surface area contributed by atoms with Gasteiger partial charge in [0.05, 0.1) is 0 Å². The van der Waals surface area contributed by atoms with Gasteiger partial charge in [0, 0.05) is 10.0 Å². The maximum absolute atomic E-state index is 6.15. The van der Waals surface area contributed by atoms with Crippen molar-refractivity contribution in [2.75, 3.05) is 0 Å². The second-order valence-electron chi connectivity index (χ2n) is 4.84. The average Bonchev–Trinajstić information content (AvgIpc) is 2.45. The molecule has 1 aromatic rings. The molecule has 0 amide bonds. The van der Waals surface area contributed by atoms with E-state index in [4.69, 9.17) is 5.73 Å². The molecular formula is C12H16BrN. The summed E-state index contributed by atoms with van der Waals surface area (Å²) in [5.41, 5.74) is 9.01. The van der Waals surface area contributed by atoms with Crippen molar-refractivity contribution in [2.24, 2.45) is 11.7 Å². The van der Waals surface area contributed by atoms with E-state index in [1.165, 1.54) is 15.6 Å². The zero-order valence-electron chi connectivity index (χ0n) is 8.68. The fourth-order valence-electron chi connectivity index (χ4n) is 2.11. The molecule has 2 heteroatoms. The highest BCUT2D eigenvalue weighted by atomic mass is 79.9. The Bertz CT molecular complexity index is 352. The lowest BCUT2D eigenvalue weighted by atomic mass is 9.86. The minimum absolute atomic E-state index is 0.0640. The van der Waals surface area contributed by atoms with Gasteiger partial charge in [0.15, 0.2) is 0 Å². The highest BCUT2D eigenvalue weighted by Crippen LogP contribution is 2.33. The molecule has 0 spiro atoms. The summed E-state index contributed by atoms with van der Waals surface area (Å²) in [6.07, 6.45) is 2.25. The molecule has 1 nitrogen and oxygen atoms in total. The average molecular weight is 254 g/mol. The lowest BCUT2D eigenvalue weighted by Crippen LogP contribution is -2.41. The molecule has 14 heavy (non-hydrogen) atoms. The van der Waals surface area contributed by atoms with E-state index in [0.717, 1.165) is 12.8 Å². The maximum Gasteiger partial charge on any atom is 0.0178 e. The van der Waals surface area contributed by atoms with Crippen molar-refractivity contribution in [2.45, 2.75) is 32.2 Å². The lowest BCUT2D eigenvalue weighted by molar-refractivity contribution is 0.334. The summed E-state index contributed by atoms with van der Waals surface area (Å²) in [7, 11) is 0. The van der Waals surface area contributed by atoms with Crippen LogP contribution in [-0.4, -0.2) is 5.54 Å². The molecule has 1 aromatic carbocycles. The zero-order chi connectivity index (χ0) is 10.3. The van der Waals surface area contributed by atoms with Gasteiger partial charge in [0.2, 0.25) is 0 Å². The van der Waals surface area contributed by atoms with Gasteiger partial charge in [-0.1, -0.05) is 22.0 Å². The molecule has 76 valence electrons. The zero-order valence-corrected chi connectivity index (χ0v) is 10.3. The smallest absolute Gasteiger partial charge is 0.0178 e. The Morgan fingerprint density at radius 3 is 2.57 bits per heavy atom. The Kier molecular flexibility index (Phi) is 2.44. The number of nitrogens with two attached hydrogens (primary N) is 1. The first-order chi connectivity index (χ1) is 6.47. The summed E-state index contributed by atoms with van der Waals surface area (Å²) in [5, 5.41) is 0. The molecule has 0 fully saturated rings. The van der Waals surface area contributed by atoms with Crippen LogP contribution in [0.1, 0.15) is 25.0 Å². The number of fused-ring (bicyclic) bond motifs is 1. The van der Waals surface area contributed by atoms with Crippen molar-refractivity contribution in [1.82, 2.24) is 0 Å². The first kappa shape index (κ1) is 10.2. The topological polar surface area (TPSA) is 26.0 Å². The second kappa shape index (κ2) is 3.35. The van der Waals surface area contributed by atoms with Crippen LogP contribution in [0.2, 0.25) is 0 Å². The van der Waals surface area contributed by atoms with Crippen molar-refractivity contribution in [3.05, 3.63) is 33.8 Å². The summed E-state index contributed by atoms with van der Waals surface area (Å²) >= 11 is 3.50. The summed E-state index contributed by atoms with van der Waals surface area (Å²) in [6, 6.07) is 6.55. The number of hydrogen-bond donors (Lipinski definition) is 1. The molecule has 0 radical (unpaired) electrons. The molecule has 0 saturated carbocycles. The quantitative estimate of drug-likeness (QED) is 0.819. The fourth-order valence-corrected chi connectivity index (χ4v) is 2.52.